The summed E-state index contributed by atoms with van der Waals surface area (Å²) in [5.74, 6) is 0. The van der Waals surface area contributed by atoms with Gasteiger partial charge in [0.25, 0.3) is 0 Å². The molecular weight excluding hydrogens is 234 g/mol. The SMILES string of the molecule is CC(NCCCCCO)c1cccc2ccccc12. The average molecular weight is 257 g/mol. The Bertz CT molecular complexity index is 504. The van der Waals surface area contributed by atoms with Gasteiger partial charge in [-0.1, -0.05) is 42.5 Å². The second kappa shape index (κ2) is 7.27. The Kier molecular flexibility index (Phi) is 5.37. The molecule has 2 aromatic rings. The van der Waals surface area contributed by atoms with E-state index in [1.165, 1.54) is 16.3 Å². The van der Waals surface area contributed by atoms with Gasteiger partial charge in [-0.2, -0.15) is 0 Å². The largest absolute Gasteiger partial charge is 0.396 e. The lowest BCUT2D eigenvalue weighted by atomic mass is 9.99. The van der Waals surface area contributed by atoms with Gasteiger partial charge in [0.15, 0.2) is 0 Å². The van der Waals surface area contributed by atoms with Gasteiger partial charge >= 0.3 is 0 Å². The molecule has 0 radical (unpaired) electrons. The molecule has 0 bridgehead atoms. The van der Waals surface area contributed by atoms with E-state index >= 15 is 0 Å². The normalized spacial score (nSPS) is 12.7. The van der Waals surface area contributed by atoms with Gasteiger partial charge in [-0.15, -0.1) is 0 Å². The molecule has 0 fully saturated rings. The number of hydrogen-bond acceptors (Lipinski definition) is 2. The van der Waals surface area contributed by atoms with E-state index in [-0.39, 0.29) is 0 Å². The van der Waals surface area contributed by atoms with Crippen LogP contribution in [0.1, 0.15) is 37.8 Å². The highest BCUT2D eigenvalue weighted by molar-refractivity contribution is 5.86. The Labute approximate surface area is 115 Å². The molecule has 0 aliphatic heterocycles. The smallest absolute Gasteiger partial charge is 0.0431 e. The van der Waals surface area contributed by atoms with E-state index in [2.05, 4.69) is 54.7 Å². The average Bonchev–Trinajstić information content (AvgIpc) is 2.46. The van der Waals surface area contributed by atoms with Gasteiger partial charge in [0.1, 0.15) is 0 Å². The van der Waals surface area contributed by atoms with Crippen molar-refractivity contribution < 1.29 is 5.11 Å². The summed E-state index contributed by atoms with van der Waals surface area (Å²) in [5, 5.41) is 15.0. The van der Waals surface area contributed by atoms with Crippen LogP contribution in [0.4, 0.5) is 0 Å². The first-order valence-electron chi connectivity index (χ1n) is 7.15. The zero-order chi connectivity index (χ0) is 13.5. The molecule has 2 nitrogen and oxygen atoms in total. The van der Waals surface area contributed by atoms with Crippen molar-refractivity contribution in [3.63, 3.8) is 0 Å². The van der Waals surface area contributed by atoms with Gasteiger partial charge < -0.3 is 10.4 Å². The van der Waals surface area contributed by atoms with Crippen LogP contribution < -0.4 is 5.32 Å². The van der Waals surface area contributed by atoms with Crippen LogP contribution in [0.15, 0.2) is 42.5 Å². The van der Waals surface area contributed by atoms with Crippen molar-refractivity contribution in [2.24, 2.45) is 0 Å². The lowest BCUT2D eigenvalue weighted by Crippen LogP contribution is -2.20. The zero-order valence-electron chi connectivity index (χ0n) is 11.6. The highest BCUT2D eigenvalue weighted by atomic mass is 16.2. The molecule has 102 valence electrons. The summed E-state index contributed by atoms with van der Waals surface area (Å²) in [6.07, 6.45) is 3.12. The number of fused-ring (bicyclic) bond motifs is 1. The number of hydrogen-bond donors (Lipinski definition) is 2. The van der Waals surface area contributed by atoms with Crippen LogP contribution in [0.5, 0.6) is 0 Å². The van der Waals surface area contributed by atoms with Crippen LogP contribution in [-0.2, 0) is 0 Å². The number of unbranched alkanes of at least 4 members (excludes halogenated alkanes) is 2. The van der Waals surface area contributed by atoms with Crippen molar-refractivity contribution in [1.82, 2.24) is 5.32 Å². The Morgan fingerprint density at radius 3 is 2.63 bits per heavy atom. The summed E-state index contributed by atoms with van der Waals surface area (Å²) in [6, 6.07) is 15.4. The monoisotopic (exact) mass is 257 g/mol. The van der Waals surface area contributed by atoms with E-state index in [1.807, 2.05) is 0 Å². The first-order chi connectivity index (χ1) is 9.33. The molecule has 0 aliphatic rings. The molecule has 1 atom stereocenters. The van der Waals surface area contributed by atoms with Crippen molar-refractivity contribution >= 4 is 10.8 Å². The van der Waals surface area contributed by atoms with Gasteiger partial charge in [0.2, 0.25) is 0 Å². The molecule has 0 spiro atoms. The van der Waals surface area contributed by atoms with Crippen LogP contribution in [0.25, 0.3) is 10.8 Å². The van der Waals surface area contributed by atoms with E-state index in [4.69, 9.17) is 5.11 Å². The minimum Gasteiger partial charge on any atom is -0.396 e. The minimum atomic E-state index is 0.304. The van der Waals surface area contributed by atoms with Gasteiger partial charge in [-0.3, -0.25) is 0 Å². The molecular formula is C17H23NO. The van der Waals surface area contributed by atoms with Crippen molar-refractivity contribution in [2.45, 2.75) is 32.2 Å². The van der Waals surface area contributed by atoms with Gasteiger partial charge in [0, 0.05) is 12.6 Å². The molecule has 0 saturated heterocycles. The fraction of sp³-hybridized carbons (Fsp3) is 0.412. The second-order valence-electron chi connectivity index (χ2n) is 5.03. The van der Waals surface area contributed by atoms with Crippen LogP contribution in [0.2, 0.25) is 0 Å². The van der Waals surface area contributed by atoms with Crippen molar-refractivity contribution in [3.05, 3.63) is 48.0 Å². The highest BCUT2D eigenvalue weighted by Crippen LogP contribution is 2.23. The highest BCUT2D eigenvalue weighted by Gasteiger charge is 2.07. The predicted octanol–water partition coefficient (Wildman–Crippen LogP) is 3.65. The number of benzene rings is 2. The minimum absolute atomic E-state index is 0.304. The number of nitrogens with one attached hydrogen (secondary N) is 1. The molecule has 2 aromatic carbocycles. The quantitative estimate of drug-likeness (QED) is 0.742. The van der Waals surface area contributed by atoms with E-state index in [0.717, 1.165) is 25.8 Å². The molecule has 2 rings (SSSR count). The number of aliphatic hydroxyl groups is 1. The molecule has 0 aliphatic carbocycles. The van der Waals surface area contributed by atoms with Crippen LogP contribution >= 0.6 is 0 Å². The third-order valence-electron chi connectivity index (χ3n) is 3.58. The summed E-state index contributed by atoms with van der Waals surface area (Å²) < 4.78 is 0. The maximum Gasteiger partial charge on any atom is 0.0431 e. The van der Waals surface area contributed by atoms with Crippen molar-refractivity contribution in [3.8, 4) is 0 Å². The Morgan fingerprint density at radius 1 is 1.00 bits per heavy atom. The molecule has 0 amide bonds. The van der Waals surface area contributed by atoms with Crippen molar-refractivity contribution in [2.75, 3.05) is 13.2 Å². The topological polar surface area (TPSA) is 32.3 Å². The first kappa shape index (κ1) is 14.0. The van der Waals surface area contributed by atoms with E-state index in [0.29, 0.717) is 12.6 Å². The Hall–Kier alpha value is -1.38. The summed E-state index contributed by atoms with van der Waals surface area (Å²) in [6.45, 7) is 3.52. The molecule has 1 unspecified atom stereocenters. The maximum absolute atomic E-state index is 8.75. The maximum atomic E-state index is 8.75. The van der Waals surface area contributed by atoms with Crippen molar-refractivity contribution in [1.29, 1.82) is 0 Å². The summed E-state index contributed by atoms with van der Waals surface area (Å²) >= 11 is 0. The molecule has 0 heterocycles. The van der Waals surface area contributed by atoms with Crippen LogP contribution in [-0.4, -0.2) is 18.3 Å². The first-order valence-corrected chi connectivity index (χ1v) is 7.15. The number of aliphatic hydroxyl groups excluding tert-OH is 1. The zero-order valence-corrected chi connectivity index (χ0v) is 11.6. The molecule has 2 heteroatoms. The third kappa shape index (κ3) is 3.79. The van der Waals surface area contributed by atoms with Crippen LogP contribution in [0, 0.1) is 0 Å². The summed E-state index contributed by atoms with van der Waals surface area (Å²) in [4.78, 5) is 0. The van der Waals surface area contributed by atoms with Gasteiger partial charge in [-0.25, -0.2) is 0 Å². The third-order valence-corrected chi connectivity index (χ3v) is 3.58. The number of rotatable bonds is 7. The fourth-order valence-electron chi connectivity index (χ4n) is 2.47. The standard InChI is InChI=1S/C17H23NO/c1-14(18-12-5-2-6-13-19)16-11-7-9-15-8-3-4-10-17(15)16/h3-4,7-11,14,18-19H,2,5-6,12-13H2,1H3. The molecule has 0 saturated carbocycles. The predicted molar refractivity (Wildman–Crippen MR) is 81.3 cm³/mol. The second-order valence-corrected chi connectivity index (χ2v) is 5.03. The van der Waals surface area contributed by atoms with Gasteiger partial charge in [0.05, 0.1) is 0 Å². The van der Waals surface area contributed by atoms with E-state index < -0.39 is 0 Å². The summed E-state index contributed by atoms with van der Waals surface area (Å²) in [7, 11) is 0. The lowest BCUT2D eigenvalue weighted by Gasteiger charge is -2.16. The molecule has 0 aromatic heterocycles. The van der Waals surface area contributed by atoms with E-state index in [9.17, 15) is 0 Å². The van der Waals surface area contributed by atoms with Gasteiger partial charge in [-0.05, 0) is 49.1 Å². The summed E-state index contributed by atoms with van der Waals surface area (Å²) in [5.41, 5.74) is 1.36. The molecule has 19 heavy (non-hydrogen) atoms. The van der Waals surface area contributed by atoms with E-state index in [1.54, 1.807) is 0 Å². The lowest BCUT2D eigenvalue weighted by molar-refractivity contribution is 0.282. The Balaban J connectivity index is 1.99. The van der Waals surface area contributed by atoms with Crippen LogP contribution in [0.3, 0.4) is 0 Å². The molecule has 2 N–H and O–H groups in total. The Morgan fingerprint density at radius 2 is 1.79 bits per heavy atom. The fourth-order valence-corrected chi connectivity index (χ4v) is 2.47.